The van der Waals surface area contributed by atoms with E-state index in [2.05, 4.69) is 20.2 Å². The molecule has 1 atom stereocenters. The standard InChI is InChI=1S/C24H29N5O3S/c1-15(2)20(27-22(30)17-6-4-16(3)5-7-17)24(32)29-11-9-28(10-12-29)14-19-25-18-8-13-33-21(18)23(31)26-19/h4-8,13,15,20H,9-12,14H2,1-3H3,(H,27,30)(H,25,26,31)/t20-/m0/s1. The van der Waals surface area contributed by atoms with Gasteiger partial charge in [-0.25, -0.2) is 4.98 Å². The first-order valence-electron chi connectivity index (χ1n) is 11.2. The summed E-state index contributed by atoms with van der Waals surface area (Å²) in [7, 11) is 0. The number of nitrogens with zero attached hydrogens (tertiary/aromatic N) is 3. The van der Waals surface area contributed by atoms with Gasteiger partial charge in [-0.15, -0.1) is 11.3 Å². The Morgan fingerprint density at radius 3 is 2.48 bits per heavy atom. The van der Waals surface area contributed by atoms with E-state index in [-0.39, 0.29) is 23.3 Å². The maximum atomic E-state index is 13.2. The van der Waals surface area contributed by atoms with Crippen molar-refractivity contribution in [2.75, 3.05) is 26.2 Å². The Labute approximate surface area is 196 Å². The lowest BCUT2D eigenvalue weighted by Crippen LogP contribution is -2.56. The van der Waals surface area contributed by atoms with Crippen LogP contribution in [0.5, 0.6) is 0 Å². The van der Waals surface area contributed by atoms with Crippen molar-refractivity contribution in [1.82, 2.24) is 25.1 Å². The average Bonchev–Trinajstić information content (AvgIpc) is 3.27. The number of carbonyl (C=O) groups excluding carboxylic acids is 2. The number of hydrogen-bond acceptors (Lipinski definition) is 6. The summed E-state index contributed by atoms with van der Waals surface area (Å²) >= 11 is 1.39. The van der Waals surface area contributed by atoms with Crippen LogP contribution in [0.3, 0.4) is 0 Å². The number of piperazine rings is 1. The van der Waals surface area contributed by atoms with Gasteiger partial charge in [-0.1, -0.05) is 31.5 Å². The van der Waals surface area contributed by atoms with E-state index in [1.54, 1.807) is 12.1 Å². The van der Waals surface area contributed by atoms with E-state index in [0.29, 0.717) is 48.8 Å². The summed E-state index contributed by atoms with van der Waals surface area (Å²) in [6.07, 6.45) is 0. The summed E-state index contributed by atoms with van der Waals surface area (Å²) in [5.41, 5.74) is 2.24. The second kappa shape index (κ2) is 9.84. The maximum Gasteiger partial charge on any atom is 0.268 e. The number of aromatic nitrogens is 2. The third kappa shape index (κ3) is 5.31. The molecule has 0 radical (unpaired) electrons. The first kappa shape index (κ1) is 23.1. The molecule has 174 valence electrons. The lowest BCUT2D eigenvalue weighted by atomic mass is 10.0. The third-order valence-electron chi connectivity index (χ3n) is 5.95. The Morgan fingerprint density at radius 1 is 1.12 bits per heavy atom. The minimum absolute atomic E-state index is 0.0310. The number of thiophene rings is 1. The lowest BCUT2D eigenvalue weighted by molar-refractivity contribution is -0.136. The molecule has 1 aliphatic rings. The summed E-state index contributed by atoms with van der Waals surface area (Å²) in [5.74, 6) is 0.309. The van der Waals surface area contributed by atoms with Crippen LogP contribution in [0.1, 0.15) is 35.6 Å². The number of benzene rings is 1. The number of rotatable bonds is 6. The first-order chi connectivity index (χ1) is 15.8. The molecule has 0 unspecified atom stereocenters. The summed E-state index contributed by atoms with van der Waals surface area (Å²) in [5, 5.41) is 4.79. The molecule has 1 fully saturated rings. The van der Waals surface area contributed by atoms with E-state index in [4.69, 9.17) is 0 Å². The van der Waals surface area contributed by atoms with Crippen LogP contribution in [0, 0.1) is 12.8 Å². The highest BCUT2D eigenvalue weighted by molar-refractivity contribution is 7.17. The van der Waals surface area contributed by atoms with E-state index in [1.165, 1.54) is 11.3 Å². The van der Waals surface area contributed by atoms with Crippen LogP contribution in [0.2, 0.25) is 0 Å². The normalized spacial score (nSPS) is 15.7. The first-order valence-corrected chi connectivity index (χ1v) is 12.0. The molecule has 1 aromatic carbocycles. The molecule has 0 saturated carbocycles. The van der Waals surface area contributed by atoms with E-state index < -0.39 is 6.04 Å². The molecule has 8 nitrogen and oxygen atoms in total. The second-order valence-corrected chi connectivity index (χ2v) is 9.73. The molecule has 2 amide bonds. The smallest absolute Gasteiger partial charge is 0.268 e. The number of fused-ring (bicyclic) bond motifs is 1. The van der Waals surface area contributed by atoms with Gasteiger partial charge in [0.2, 0.25) is 5.91 Å². The number of hydrogen-bond donors (Lipinski definition) is 2. The molecule has 1 aliphatic heterocycles. The number of aromatic amines is 1. The van der Waals surface area contributed by atoms with E-state index >= 15 is 0 Å². The average molecular weight is 468 g/mol. The fourth-order valence-corrected chi connectivity index (χ4v) is 4.70. The molecule has 3 aromatic rings. The van der Waals surface area contributed by atoms with E-state index in [1.807, 2.05) is 49.3 Å². The summed E-state index contributed by atoms with van der Waals surface area (Å²) in [4.78, 5) is 49.5. The molecule has 0 aliphatic carbocycles. The van der Waals surface area contributed by atoms with Gasteiger partial charge in [0.1, 0.15) is 16.6 Å². The van der Waals surface area contributed by atoms with Crippen molar-refractivity contribution in [1.29, 1.82) is 0 Å². The Kier molecular flexibility index (Phi) is 6.90. The molecule has 4 rings (SSSR count). The zero-order chi connectivity index (χ0) is 23.5. The molecule has 1 saturated heterocycles. The molecule has 2 N–H and O–H groups in total. The van der Waals surface area contributed by atoms with Crippen molar-refractivity contribution < 1.29 is 9.59 Å². The molecule has 0 bridgehead atoms. The van der Waals surface area contributed by atoms with Crippen LogP contribution < -0.4 is 10.9 Å². The lowest BCUT2D eigenvalue weighted by Gasteiger charge is -2.37. The zero-order valence-electron chi connectivity index (χ0n) is 19.1. The number of H-pyrrole nitrogens is 1. The van der Waals surface area contributed by atoms with Gasteiger partial charge in [0.25, 0.3) is 11.5 Å². The van der Waals surface area contributed by atoms with Crippen LogP contribution in [0.15, 0.2) is 40.5 Å². The molecule has 9 heteroatoms. The van der Waals surface area contributed by atoms with Gasteiger partial charge < -0.3 is 15.2 Å². The summed E-state index contributed by atoms with van der Waals surface area (Å²) in [6, 6.07) is 8.60. The maximum absolute atomic E-state index is 13.2. The van der Waals surface area contributed by atoms with Crippen LogP contribution in [-0.4, -0.2) is 63.8 Å². The van der Waals surface area contributed by atoms with Crippen molar-refractivity contribution >= 4 is 33.4 Å². The van der Waals surface area contributed by atoms with Crippen molar-refractivity contribution in [3.63, 3.8) is 0 Å². The van der Waals surface area contributed by atoms with Crippen LogP contribution >= 0.6 is 11.3 Å². The van der Waals surface area contributed by atoms with Gasteiger partial charge in [-0.2, -0.15) is 0 Å². The second-order valence-electron chi connectivity index (χ2n) is 8.81. The predicted molar refractivity (Wildman–Crippen MR) is 129 cm³/mol. The van der Waals surface area contributed by atoms with Crippen molar-refractivity contribution in [2.45, 2.75) is 33.4 Å². The largest absolute Gasteiger partial charge is 0.340 e. The zero-order valence-corrected chi connectivity index (χ0v) is 19.9. The van der Waals surface area contributed by atoms with E-state index in [0.717, 1.165) is 11.1 Å². The monoisotopic (exact) mass is 467 g/mol. The Hall–Kier alpha value is -3.04. The van der Waals surface area contributed by atoms with Gasteiger partial charge in [-0.05, 0) is 36.4 Å². The van der Waals surface area contributed by atoms with E-state index in [9.17, 15) is 14.4 Å². The molecule has 3 heterocycles. The van der Waals surface area contributed by atoms with Crippen LogP contribution in [0.4, 0.5) is 0 Å². The Bertz CT molecular complexity index is 1190. The van der Waals surface area contributed by atoms with Gasteiger partial charge >= 0.3 is 0 Å². The highest BCUT2D eigenvalue weighted by Crippen LogP contribution is 2.16. The van der Waals surface area contributed by atoms with Crippen LogP contribution in [0.25, 0.3) is 10.2 Å². The quantitative estimate of drug-likeness (QED) is 0.580. The van der Waals surface area contributed by atoms with Crippen LogP contribution in [-0.2, 0) is 11.3 Å². The fourth-order valence-electron chi connectivity index (χ4n) is 3.97. The van der Waals surface area contributed by atoms with Gasteiger partial charge in [0.05, 0.1) is 12.1 Å². The van der Waals surface area contributed by atoms with Gasteiger partial charge in [0, 0.05) is 31.7 Å². The molecule has 0 spiro atoms. The number of carbonyl (C=O) groups is 2. The van der Waals surface area contributed by atoms with Gasteiger partial charge in [-0.3, -0.25) is 19.3 Å². The van der Waals surface area contributed by atoms with Crippen molar-refractivity contribution in [3.05, 3.63) is 63.0 Å². The summed E-state index contributed by atoms with van der Waals surface area (Å²) < 4.78 is 0.640. The van der Waals surface area contributed by atoms with Crippen molar-refractivity contribution in [2.24, 2.45) is 5.92 Å². The minimum atomic E-state index is -0.579. The Morgan fingerprint density at radius 2 is 1.82 bits per heavy atom. The third-order valence-corrected chi connectivity index (χ3v) is 6.86. The molecular formula is C24H29N5O3S. The van der Waals surface area contributed by atoms with Crippen molar-refractivity contribution in [3.8, 4) is 0 Å². The number of amides is 2. The Balaban J connectivity index is 1.35. The molecule has 2 aromatic heterocycles. The minimum Gasteiger partial charge on any atom is -0.340 e. The van der Waals surface area contributed by atoms with Gasteiger partial charge in [0.15, 0.2) is 0 Å². The molecule has 33 heavy (non-hydrogen) atoms. The predicted octanol–water partition coefficient (Wildman–Crippen LogP) is 2.39. The highest BCUT2D eigenvalue weighted by Gasteiger charge is 2.31. The fraction of sp³-hybridized carbons (Fsp3) is 0.417. The SMILES string of the molecule is Cc1ccc(C(=O)N[C@H](C(=O)N2CCN(Cc3nc4ccsc4c(=O)[nH]3)CC2)C(C)C)cc1. The topological polar surface area (TPSA) is 98.4 Å². The number of aryl methyl sites for hydroxylation is 1. The molecular weight excluding hydrogens is 438 g/mol. The number of nitrogens with one attached hydrogen (secondary N) is 2. The highest BCUT2D eigenvalue weighted by atomic mass is 32.1. The summed E-state index contributed by atoms with van der Waals surface area (Å²) in [6.45, 7) is 8.85.